The fourth-order valence-corrected chi connectivity index (χ4v) is 2.48. The van der Waals surface area contributed by atoms with E-state index in [4.69, 9.17) is 0 Å². The molecule has 22 heavy (non-hydrogen) atoms. The van der Waals surface area contributed by atoms with Crippen molar-refractivity contribution in [3.05, 3.63) is 46.1 Å². The first kappa shape index (κ1) is 13.9. The summed E-state index contributed by atoms with van der Waals surface area (Å²) in [4.78, 5) is 34.4. The lowest BCUT2D eigenvalue weighted by Gasteiger charge is -2.21. The Balaban J connectivity index is 2.28. The zero-order chi connectivity index (χ0) is 15.9. The summed E-state index contributed by atoms with van der Waals surface area (Å²) < 4.78 is 0. The highest BCUT2D eigenvalue weighted by Gasteiger charge is 2.33. The van der Waals surface area contributed by atoms with Gasteiger partial charge < -0.3 is 15.0 Å². The van der Waals surface area contributed by atoms with Gasteiger partial charge in [-0.25, -0.2) is 4.98 Å². The molecule has 0 aliphatic carbocycles. The SMILES string of the molecule is CCN1c2ccc([N+](=O)[O-])nc2N(C)C(=O)c2cccnc21. The molecule has 1 amide bonds. The number of hydrogen-bond acceptors (Lipinski definition) is 6. The van der Waals surface area contributed by atoms with Crippen molar-refractivity contribution < 1.29 is 9.72 Å². The van der Waals surface area contributed by atoms with E-state index in [1.165, 1.54) is 11.0 Å². The highest BCUT2D eigenvalue weighted by Crippen LogP contribution is 2.38. The molecule has 0 saturated heterocycles. The van der Waals surface area contributed by atoms with Gasteiger partial charge in [0.1, 0.15) is 11.5 Å². The van der Waals surface area contributed by atoms with Crippen LogP contribution in [0.2, 0.25) is 0 Å². The first-order valence-electron chi connectivity index (χ1n) is 6.70. The largest absolute Gasteiger partial charge is 0.366 e. The van der Waals surface area contributed by atoms with E-state index in [0.29, 0.717) is 23.6 Å². The van der Waals surface area contributed by atoms with Gasteiger partial charge in [0.2, 0.25) is 0 Å². The molecule has 1 aliphatic heterocycles. The predicted molar refractivity (Wildman–Crippen MR) is 80.5 cm³/mol. The van der Waals surface area contributed by atoms with Crippen LogP contribution in [0.5, 0.6) is 0 Å². The van der Waals surface area contributed by atoms with E-state index in [-0.39, 0.29) is 17.5 Å². The Morgan fingerprint density at radius 1 is 1.27 bits per heavy atom. The van der Waals surface area contributed by atoms with Gasteiger partial charge >= 0.3 is 5.82 Å². The van der Waals surface area contributed by atoms with Gasteiger partial charge in [-0.3, -0.25) is 9.69 Å². The maximum atomic E-state index is 12.6. The fraction of sp³-hybridized carbons (Fsp3) is 0.214. The van der Waals surface area contributed by atoms with E-state index in [1.54, 1.807) is 31.4 Å². The van der Waals surface area contributed by atoms with Gasteiger partial charge in [-0.1, -0.05) is 0 Å². The third kappa shape index (κ3) is 1.96. The quantitative estimate of drug-likeness (QED) is 0.623. The van der Waals surface area contributed by atoms with Crippen LogP contribution in [0.25, 0.3) is 0 Å². The van der Waals surface area contributed by atoms with Crippen molar-refractivity contribution in [3.8, 4) is 0 Å². The molecule has 0 atom stereocenters. The number of rotatable bonds is 2. The van der Waals surface area contributed by atoms with Gasteiger partial charge in [-0.2, -0.15) is 0 Å². The maximum Gasteiger partial charge on any atom is 0.366 e. The zero-order valence-corrected chi connectivity index (χ0v) is 12.1. The van der Waals surface area contributed by atoms with Crippen molar-refractivity contribution in [1.29, 1.82) is 0 Å². The lowest BCUT2D eigenvalue weighted by atomic mass is 10.2. The molecule has 8 heteroatoms. The molecule has 0 fully saturated rings. The summed E-state index contributed by atoms with van der Waals surface area (Å²) in [6, 6.07) is 6.29. The second-order valence-corrected chi connectivity index (χ2v) is 4.75. The number of anilines is 3. The third-order valence-corrected chi connectivity index (χ3v) is 3.53. The number of nitrogens with zero attached hydrogens (tertiary/aromatic N) is 5. The minimum absolute atomic E-state index is 0.249. The zero-order valence-electron chi connectivity index (χ0n) is 12.1. The monoisotopic (exact) mass is 299 g/mol. The molecule has 0 N–H and O–H groups in total. The van der Waals surface area contributed by atoms with Crippen molar-refractivity contribution in [2.75, 3.05) is 23.4 Å². The van der Waals surface area contributed by atoms with Crippen LogP contribution in [0.4, 0.5) is 23.1 Å². The average molecular weight is 299 g/mol. The van der Waals surface area contributed by atoms with E-state index in [2.05, 4.69) is 9.97 Å². The van der Waals surface area contributed by atoms with Crippen LogP contribution >= 0.6 is 0 Å². The third-order valence-electron chi connectivity index (χ3n) is 3.53. The molecule has 0 spiro atoms. The topological polar surface area (TPSA) is 92.5 Å². The summed E-state index contributed by atoms with van der Waals surface area (Å²) in [6.45, 7) is 2.47. The highest BCUT2D eigenvalue weighted by atomic mass is 16.6. The molecule has 1 aliphatic rings. The van der Waals surface area contributed by atoms with E-state index < -0.39 is 4.92 Å². The molecule has 0 saturated carbocycles. The van der Waals surface area contributed by atoms with Gasteiger partial charge in [-0.15, -0.1) is 0 Å². The van der Waals surface area contributed by atoms with Crippen molar-refractivity contribution in [2.24, 2.45) is 0 Å². The normalized spacial score (nSPS) is 13.5. The van der Waals surface area contributed by atoms with Gasteiger partial charge in [-0.05, 0) is 35.0 Å². The lowest BCUT2D eigenvalue weighted by Crippen LogP contribution is -2.26. The van der Waals surface area contributed by atoms with Crippen LogP contribution in [0.1, 0.15) is 17.3 Å². The van der Waals surface area contributed by atoms with Gasteiger partial charge in [0.15, 0.2) is 0 Å². The van der Waals surface area contributed by atoms with Gasteiger partial charge in [0, 0.05) is 25.9 Å². The van der Waals surface area contributed by atoms with Crippen LogP contribution < -0.4 is 9.80 Å². The number of carbonyl (C=O) groups excluding carboxylic acids is 1. The van der Waals surface area contributed by atoms with Gasteiger partial charge in [0.05, 0.1) is 5.56 Å². The smallest absolute Gasteiger partial charge is 0.358 e. The molecule has 0 bridgehead atoms. The number of fused-ring (bicyclic) bond motifs is 2. The molecule has 3 heterocycles. The number of hydrogen-bond donors (Lipinski definition) is 0. The Morgan fingerprint density at radius 2 is 2.05 bits per heavy atom. The Hall–Kier alpha value is -3.03. The van der Waals surface area contributed by atoms with E-state index in [0.717, 1.165) is 0 Å². The molecule has 0 unspecified atom stereocenters. The van der Waals surface area contributed by atoms with Crippen LogP contribution in [0.3, 0.4) is 0 Å². The van der Waals surface area contributed by atoms with Crippen molar-refractivity contribution in [2.45, 2.75) is 6.92 Å². The van der Waals surface area contributed by atoms with Crippen molar-refractivity contribution in [1.82, 2.24) is 9.97 Å². The van der Waals surface area contributed by atoms with Crippen LogP contribution in [-0.2, 0) is 0 Å². The molecule has 8 nitrogen and oxygen atoms in total. The summed E-state index contributed by atoms with van der Waals surface area (Å²) in [6.07, 6.45) is 1.61. The highest BCUT2D eigenvalue weighted by molar-refractivity contribution is 6.12. The molecule has 0 radical (unpaired) electrons. The van der Waals surface area contributed by atoms with Crippen molar-refractivity contribution >= 4 is 29.0 Å². The molecule has 2 aromatic rings. The van der Waals surface area contributed by atoms with Gasteiger partial charge in [0.25, 0.3) is 11.7 Å². The number of aromatic nitrogens is 2. The molecular formula is C14H13N5O3. The Morgan fingerprint density at radius 3 is 2.73 bits per heavy atom. The maximum absolute atomic E-state index is 12.6. The number of nitro groups is 1. The minimum Gasteiger partial charge on any atom is -0.358 e. The summed E-state index contributed by atoms with van der Waals surface area (Å²) >= 11 is 0. The van der Waals surface area contributed by atoms with E-state index >= 15 is 0 Å². The molecule has 0 aromatic carbocycles. The first-order valence-corrected chi connectivity index (χ1v) is 6.70. The lowest BCUT2D eigenvalue weighted by molar-refractivity contribution is -0.389. The molecule has 3 rings (SSSR count). The summed E-state index contributed by atoms with van der Waals surface area (Å²) in [5.41, 5.74) is 1.05. The summed E-state index contributed by atoms with van der Waals surface area (Å²) in [7, 11) is 1.55. The Labute approximate surface area is 126 Å². The first-order chi connectivity index (χ1) is 10.5. The van der Waals surface area contributed by atoms with E-state index in [9.17, 15) is 14.9 Å². The number of carbonyl (C=O) groups is 1. The van der Waals surface area contributed by atoms with Crippen molar-refractivity contribution in [3.63, 3.8) is 0 Å². The Kier molecular flexibility index (Phi) is 3.21. The van der Waals surface area contributed by atoms with Crippen LogP contribution in [0, 0.1) is 10.1 Å². The molecular weight excluding hydrogens is 286 g/mol. The Bertz CT molecular complexity index is 777. The number of pyridine rings is 2. The molecule has 112 valence electrons. The second-order valence-electron chi connectivity index (χ2n) is 4.75. The fourth-order valence-electron chi connectivity index (χ4n) is 2.48. The standard InChI is InChI=1S/C14H13N5O3/c1-3-18-10-6-7-11(19(21)22)16-13(10)17(2)14(20)9-5-4-8-15-12(9)18/h4-8H,3H2,1-2H3. The summed E-state index contributed by atoms with van der Waals surface area (Å²) in [5.74, 6) is 0.178. The van der Waals surface area contributed by atoms with Crippen LogP contribution in [0.15, 0.2) is 30.5 Å². The average Bonchev–Trinajstić information content (AvgIpc) is 2.62. The van der Waals surface area contributed by atoms with Crippen LogP contribution in [-0.4, -0.2) is 34.4 Å². The van der Waals surface area contributed by atoms with E-state index in [1.807, 2.05) is 11.8 Å². The molecule has 2 aromatic heterocycles. The summed E-state index contributed by atoms with van der Waals surface area (Å²) in [5, 5.41) is 10.9. The second kappa shape index (κ2) is 5.06. The predicted octanol–water partition coefficient (Wildman–Crippen LogP) is 2.13. The minimum atomic E-state index is -0.578. The number of amides is 1.